The lowest BCUT2D eigenvalue weighted by Gasteiger charge is -2.33. The average molecular weight is 502 g/mol. The topological polar surface area (TPSA) is 83.0 Å². The maximum Gasteiger partial charge on any atom is 0.309 e. The van der Waals surface area contributed by atoms with Crippen molar-refractivity contribution in [1.29, 1.82) is 0 Å². The van der Waals surface area contributed by atoms with E-state index in [0.29, 0.717) is 18.7 Å². The Morgan fingerprint density at radius 1 is 1.18 bits per heavy atom. The summed E-state index contributed by atoms with van der Waals surface area (Å²) in [6.07, 6.45) is 1.56. The third-order valence-corrected chi connectivity index (χ3v) is 4.60. The van der Waals surface area contributed by atoms with Crippen LogP contribution in [0, 0.1) is 5.92 Å². The molecule has 7 nitrogen and oxygen atoms in total. The number of benzene rings is 1. The number of nitrogens with one attached hydrogen (secondary N) is 2. The molecule has 1 aliphatic heterocycles. The van der Waals surface area contributed by atoms with Gasteiger partial charge in [0.05, 0.1) is 19.1 Å². The summed E-state index contributed by atoms with van der Waals surface area (Å²) < 4.78 is 5.13. The van der Waals surface area contributed by atoms with Crippen LogP contribution in [0.25, 0.3) is 0 Å². The number of nitrogens with zero attached hydrogens (tertiary/aromatic N) is 2. The van der Waals surface area contributed by atoms with E-state index >= 15 is 0 Å². The zero-order valence-electron chi connectivity index (χ0n) is 16.9. The molecule has 1 fully saturated rings. The Bertz CT molecular complexity index is 656. The van der Waals surface area contributed by atoms with Crippen LogP contribution < -0.4 is 10.6 Å². The largest absolute Gasteiger partial charge is 0.466 e. The van der Waals surface area contributed by atoms with Gasteiger partial charge in [0.15, 0.2) is 5.96 Å². The summed E-state index contributed by atoms with van der Waals surface area (Å²) in [6, 6.07) is 7.46. The summed E-state index contributed by atoms with van der Waals surface area (Å²) in [4.78, 5) is 30.4. The molecule has 0 atom stereocenters. The maximum absolute atomic E-state index is 11.9. The smallest absolute Gasteiger partial charge is 0.309 e. The van der Waals surface area contributed by atoms with Gasteiger partial charge in [0.2, 0.25) is 0 Å². The molecule has 0 aromatic heterocycles. The average Bonchev–Trinajstić information content (AvgIpc) is 2.71. The van der Waals surface area contributed by atoms with Gasteiger partial charge in [-0.15, -0.1) is 24.0 Å². The molecule has 2 rings (SSSR count). The SMILES string of the molecule is CCNC(=NCc1ccc(C(=O)NC)cc1)N1CCC(C(=O)OCC)CC1.I. The minimum atomic E-state index is -0.0946. The summed E-state index contributed by atoms with van der Waals surface area (Å²) in [5.74, 6) is 0.662. The third-order valence-electron chi connectivity index (χ3n) is 4.60. The lowest BCUT2D eigenvalue weighted by Crippen LogP contribution is -2.46. The van der Waals surface area contributed by atoms with E-state index in [2.05, 4.69) is 15.5 Å². The minimum absolute atomic E-state index is 0. The molecule has 1 heterocycles. The molecule has 28 heavy (non-hydrogen) atoms. The lowest BCUT2D eigenvalue weighted by atomic mass is 9.97. The molecule has 156 valence electrons. The molecule has 1 aromatic carbocycles. The van der Waals surface area contributed by atoms with E-state index in [1.165, 1.54) is 0 Å². The summed E-state index contributed by atoms with van der Waals surface area (Å²) >= 11 is 0. The van der Waals surface area contributed by atoms with Gasteiger partial charge in [-0.25, -0.2) is 4.99 Å². The summed E-state index contributed by atoms with van der Waals surface area (Å²) in [5.41, 5.74) is 1.68. The second-order valence-corrected chi connectivity index (χ2v) is 6.46. The Hall–Kier alpha value is -1.84. The zero-order chi connectivity index (χ0) is 19.6. The van der Waals surface area contributed by atoms with Gasteiger partial charge in [-0.3, -0.25) is 9.59 Å². The standard InChI is InChI=1S/C20H30N4O3.HI/c1-4-22-20(24-12-10-17(11-13-24)19(26)27-5-2)23-14-15-6-8-16(9-7-15)18(25)21-3;/h6-9,17H,4-5,10-14H2,1-3H3,(H,21,25)(H,22,23);1H. The first-order valence-electron chi connectivity index (χ1n) is 9.59. The first kappa shape index (κ1) is 24.2. The van der Waals surface area contributed by atoms with E-state index < -0.39 is 0 Å². The van der Waals surface area contributed by atoms with Gasteiger partial charge in [0.25, 0.3) is 5.91 Å². The Labute approximate surface area is 184 Å². The van der Waals surface area contributed by atoms with Crippen LogP contribution >= 0.6 is 24.0 Å². The Morgan fingerprint density at radius 3 is 2.36 bits per heavy atom. The van der Waals surface area contributed by atoms with Crippen LogP contribution in [-0.2, 0) is 16.1 Å². The van der Waals surface area contributed by atoms with Crippen LogP contribution in [0.2, 0.25) is 0 Å². The van der Waals surface area contributed by atoms with Crippen molar-refractivity contribution in [3.05, 3.63) is 35.4 Å². The maximum atomic E-state index is 11.9. The molecule has 0 saturated carbocycles. The van der Waals surface area contributed by atoms with Gasteiger partial charge in [-0.2, -0.15) is 0 Å². The fourth-order valence-electron chi connectivity index (χ4n) is 3.08. The number of amides is 1. The number of aliphatic imine (C=N–C) groups is 1. The number of carbonyl (C=O) groups excluding carboxylic acids is 2. The van der Waals surface area contributed by atoms with Crippen molar-refractivity contribution in [3.63, 3.8) is 0 Å². The summed E-state index contributed by atoms with van der Waals surface area (Å²) in [7, 11) is 1.62. The Morgan fingerprint density at radius 2 is 1.82 bits per heavy atom. The van der Waals surface area contributed by atoms with Gasteiger partial charge in [-0.1, -0.05) is 12.1 Å². The van der Waals surface area contributed by atoms with Crippen molar-refractivity contribution < 1.29 is 14.3 Å². The third kappa shape index (κ3) is 6.96. The molecule has 0 unspecified atom stereocenters. The molecule has 1 amide bonds. The second-order valence-electron chi connectivity index (χ2n) is 6.46. The number of hydrogen-bond acceptors (Lipinski definition) is 4. The van der Waals surface area contributed by atoms with Gasteiger partial charge in [-0.05, 0) is 44.4 Å². The van der Waals surface area contributed by atoms with E-state index in [-0.39, 0.29) is 41.8 Å². The molecular formula is C20H31IN4O3. The van der Waals surface area contributed by atoms with E-state index in [4.69, 9.17) is 9.73 Å². The fourth-order valence-corrected chi connectivity index (χ4v) is 3.08. The molecule has 1 aliphatic rings. The molecule has 8 heteroatoms. The van der Waals surface area contributed by atoms with Gasteiger partial charge in [0.1, 0.15) is 0 Å². The molecule has 1 aromatic rings. The number of rotatable bonds is 6. The number of halogens is 1. The van der Waals surface area contributed by atoms with Crippen LogP contribution in [0.15, 0.2) is 29.3 Å². The van der Waals surface area contributed by atoms with Crippen molar-refractivity contribution in [2.24, 2.45) is 10.9 Å². The van der Waals surface area contributed by atoms with Crippen molar-refractivity contribution in [1.82, 2.24) is 15.5 Å². The molecule has 0 spiro atoms. The van der Waals surface area contributed by atoms with Crippen molar-refractivity contribution in [3.8, 4) is 0 Å². The summed E-state index contributed by atoms with van der Waals surface area (Å²) in [5, 5.41) is 5.94. The number of esters is 1. The Balaban J connectivity index is 0.00000392. The summed E-state index contributed by atoms with van der Waals surface area (Å²) in [6.45, 7) is 7.20. The molecule has 0 radical (unpaired) electrons. The van der Waals surface area contributed by atoms with Crippen LogP contribution in [0.4, 0.5) is 0 Å². The van der Waals surface area contributed by atoms with E-state index in [0.717, 1.165) is 44.0 Å². The monoisotopic (exact) mass is 502 g/mol. The quantitative estimate of drug-likeness (QED) is 0.270. The fraction of sp³-hybridized carbons (Fsp3) is 0.550. The van der Waals surface area contributed by atoms with Crippen LogP contribution in [-0.4, -0.2) is 56.0 Å². The van der Waals surface area contributed by atoms with Crippen LogP contribution in [0.1, 0.15) is 42.6 Å². The number of hydrogen-bond donors (Lipinski definition) is 2. The normalized spacial score (nSPS) is 14.8. The number of guanidine groups is 1. The number of likely N-dealkylation sites (tertiary alicyclic amines) is 1. The van der Waals surface area contributed by atoms with Crippen LogP contribution in [0.5, 0.6) is 0 Å². The minimum Gasteiger partial charge on any atom is -0.466 e. The molecule has 1 saturated heterocycles. The van der Waals surface area contributed by atoms with Crippen LogP contribution in [0.3, 0.4) is 0 Å². The number of ether oxygens (including phenoxy) is 1. The van der Waals surface area contributed by atoms with Crippen molar-refractivity contribution in [2.45, 2.75) is 33.2 Å². The highest BCUT2D eigenvalue weighted by Gasteiger charge is 2.27. The van der Waals surface area contributed by atoms with Gasteiger partial charge >= 0.3 is 5.97 Å². The second kappa shape index (κ2) is 12.6. The molecule has 0 bridgehead atoms. The van der Waals surface area contributed by atoms with Gasteiger partial charge in [0, 0.05) is 32.2 Å². The first-order chi connectivity index (χ1) is 13.1. The number of carbonyl (C=O) groups is 2. The van der Waals surface area contributed by atoms with Crippen molar-refractivity contribution >= 4 is 41.8 Å². The predicted octanol–water partition coefficient (Wildman–Crippen LogP) is 2.40. The number of piperidine rings is 1. The highest BCUT2D eigenvalue weighted by Crippen LogP contribution is 2.19. The van der Waals surface area contributed by atoms with E-state index in [1.807, 2.05) is 26.0 Å². The molecular weight excluding hydrogens is 471 g/mol. The lowest BCUT2D eigenvalue weighted by molar-refractivity contribution is -0.149. The van der Waals surface area contributed by atoms with Gasteiger partial charge < -0.3 is 20.3 Å². The first-order valence-corrected chi connectivity index (χ1v) is 9.59. The van der Waals surface area contributed by atoms with Crippen molar-refractivity contribution in [2.75, 3.05) is 33.3 Å². The zero-order valence-corrected chi connectivity index (χ0v) is 19.2. The predicted molar refractivity (Wildman–Crippen MR) is 121 cm³/mol. The highest BCUT2D eigenvalue weighted by molar-refractivity contribution is 14.0. The highest BCUT2D eigenvalue weighted by atomic mass is 127. The molecule has 0 aliphatic carbocycles. The Kier molecular flexibility index (Phi) is 10.9. The molecule has 2 N–H and O–H groups in total. The van der Waals surface area contributed by atoms with E-state index in [1.54, 1.807) is 19.2 Å². The van der Waals surface area contributed by atoms with E-state index in [9.17, 15) is 9.59 Å².